The molecule has 1 saturated heterocycles. The molecule has 3 heteroatoms. The zero-order valence-corrected chi connectivity index (χ0v) is 16.8. The summed E-state index contributed by atoms with van der Waals surface area (Å²) in [6.07, 6.45) is 2.97. The van der Waals surface area contributed by atoms with E-state index >= 15 is 0 Å². The Morgan fingerprint density at radius 1 is 1.00 bits per heavy atom. The fourth-order valence-corrected chi connectivity index (χ4v) is 3.96. The number of carbonyl (C=O) groups excluding carboxylic acids is 1. The van der Waals surface area contributed by atoms with Crippen LogP contribution in [-0.2, 0) is 6.54 Å². The third kappa shape index (κ3) is 3.64. The van der Waals surface area contributed by atoms with Gasteiger partial charge in [0.1, 0.15) is 0 Å². The average Bonchev–Trinajstić information content (AvgIpc) is 2.87. The number of carbonyl (C=O) groups is 1. The largest absolute Gasteiger partial charge is 0.341 e. The minimum atomic E-state index is 0.143. The van der Waals surface area contributed by atoms with E-state index in [1.54, 1.807) is 0 Å². The van der Waals surface area contributed by atoms with Crippen LogP contribution in [0.5, 0.6) is 0 Å². The molecule has 3 nitrogen and oxygen atoms in total. The number of rotatable bonds is 2. The Morgan fingerprint density at radius 2 is 1.74 bits per heavy atom. The molecule has 0 bridgehead atoms. The highest BCUT2D eigenvalue weighted by atomic mass is 16.2. The van der Waals surface area contributed by atoms with Crippen molar-refractivity contribution in [2.75, 3.05) is 13.1 Å². The minimum Gasteiger partial charge on any atom is -0.341 e. The van der Waals surface area contributed by atoms with Crippen LogP contribution in [0.25, 0.3) is 21.8 Å². The van der Waals surface area contributed by atoms with Gasteiger partial charge in [-0.2, -0.15) is 0 Å². The molecule has 0 radical (unpaired) electrons. The molecule has 0 N–H and O–H groups in total. The maximum Gasteiger partial charge on any atom is 0.253 e. The number of benzene rings is 2. The monoisotopic (exact) mass is 362 g/mol. The third-order valence-corrected chi connectivity index (χ3v) is 5.32. The number of hydrogen-bond acceptors (Lipinski definition) is 1. The van der Waals surface area contributed by atoms with Crippen LogP contribution in [0.2, 0.25) is 0 Å². The third-order valence-electron chi connectivity index (χ3n) is 5.32. The van der Waals surface area contributed by atoms with Crippen molar-refractivity contribution in [2.45, 2.75) is 46.6 Å². The maximum absolute atomic E-state index is 13.0. The van der Waals surface area contributed by atoms with Crippen LogP contribution in [0.15, 0.2) is 54.6 Å². The molecule has 1 amide bonds. The first kappa shape index (κ1) is 19.2. The molecule has 0 saturated carbocycles. The smallest absolute Gasteiger partial charge is 0.253 e. The van der Waals surface area contributed by atoms with E-state index in [1.165, 1.54) is 27.4 Å². The Hall–Kier alpha value is -2.55. The highest BCUT2D eigenvalue weighted by Gasteiger charge is 2.19. The van der Waals surface area contributed by atoms with Gasteiger partial charge in [0.25, 0.3) is 5.91 Å². The Kier molecular flexibility index (Phi) is 6.00. The van der Waals surface area contributed by atoms with Gasteiger partial charge in [-0.3, -0.25) is 4.79 Å². The lowest BCUT2D eigenvalue weighted by molar-refractivity contribution is 0.0763. The van der Waals surface area contributed by atoms with Gasteiger partial charge in [-0.15, -0.1) is 0 Å². The lowest BCUT2D eigenvalue weighted by Crippen LogP contribution is -2.31. The van der Waals surface area contributed by atoms with E-state index in [1.807, 2.05) is 24.8 Å². The number of likely N-dealkylation sites (tertiary alicyclic amines) is 1. The Morgan fingerprint density at radius 3 is 2.52 bits per heavy atom. The van der Waals surface area contributed by atoms with Crippen molar-refractivity contribution in [3.8, 4) is 0 Å². The molecule has 1 fully saturated rings. The summed E-state index contributed by atoms with van der Waals surface area (Å²) < 4.78 is 2.31. The van der Waals surface area contributed by atoms with Crippen molar-refractivity contribution in [3.63, 3.8) is 0 Å². The summed E-state index contributed by atoms with van der Waals surface area (Å²) in [5.74, 6) is 0.143. The maximum atomic E-state index is 13.0. The highest BCUT2D eigenvalue weighted by Crippen LogP contribution is 2.30. The first-order chi connectivity index (χ1) is 13.2. The normalized spacial score (nSPS) is 14.8. The Labute approximate surface area is 162 Å². The summed E-state index contributed by atoms with van der Waals surface area (Å²) in [4.78, 5) is 15.0. The molecule has 0 aliphatic carbocycles. The predicted molar refractivity (Wildman–Crippen MR) is 115 cm³/mol. The summed E-state index contributed by atoms with van der Waals surface area (Å²) in [7, 11) is 0. The second-order valence-corrected chi connectivity index (χ2v) is 6.89. The molecule has 0 unspecified atom stereocenters. The zero-order chi connectivity index (χ0) is 19.4. The van der Waals surface area contributed by atoms with Gasteiger partial charge in [0.05, 0.1) is 0 Å². The van der Waals surface area contributed by atoms with E-state index in [9.17, 15) is 4.79 Å². The molecule has 3 aromatic rings. The fraction of sp³-hybridized carbons (Fsp3) is 0.375. The van der Waals surface area contributed by atoms with E-state index in [0.29, 0.717) is 0 Å². The number of para-hydroxylation sites is 1. The Balaban J connectivity index is 0.00000102. The molecule has 4 rings (SSSR count). The lowest BCUT2D eigenvalue weighted by Gasteiger charge is -2.20. The van der Waals surface area contributed by atoms with Gasteiger partial charge in [-0.1, -0.05) is 44.2 Å². The Bertz CT molecular complexity index is 967. The van der Waals surface area contributed by atoms with Crippen molar-refractivity contribution < 1.29 is 4.79 Å². The average molecular weight is 363 g/mol. The SMILES string of the molecule is C=C1CCCN(C(=O)c2ccc3c(c2)c2ccccc2n3CC)CC1.CC. The summed E-state index contributed by atoms with van der Waals surface area (Å²) >= 11 is 0. The first-order valence-corrected chi connectivity index (χ1v) is 10.2. The van der Waals surface area contributed by atoms with Crippen LogP contribution < -0.4 is 0 Å². The van der Waals surface area contributed by atoms with Gasteiger partial charge < -0.3 is 9.47 Å². The predicted octanol–water partition coefficient (Wildman–Crippen LogP) is 6.02. The van der Waals surface area contributed by atoms with Crippen molar-refractivity contribution in [1.82, 2.24) is 9.47 Å². The van der Waals surface area contributed by atoms with Crippen LogP contribution in [0.4, 0.5) is 0 Å². The number of fused-ring (bicyclic) bond motifs is 3. The molecular weight excluding hydrogens is 332 g/mol. The van der Waals surface area contributed by atoms with Gasteiger partial charge >= 0.3 is 0 Å². The molecule has 0 atom stereocenters. The van der Waals surface area contributed by atoms with Crippen LogP contribution in [0, 0.1) is 0 Å². The van der Waals surface area contributed by atoms with Crippen molar-refractivity contribution in [1.29, 1.82) is 0 Å². The standard InChI is InChI=1S/C22H24N2O.C2H6/c1-3-24-20-9-5-4-8-18(20)19-15-17(10-11-21(19)24)22(25)23-13-6-7-16(2)12-14-23;1-2/h4-5,8-11,15H,2-3,6-7,12-14H2,1H3;1-2H3. The van der Waals surface area contributed by atoms with Crippen LogP contribution >= 0.6 is 0 Å². The molecule has 1 aliphatic rings. The van der Waals surface area contributed by atoms with Crippen molar-refractivity contribution in [2.24, 2.45) is 0 Å². The summed E-state index contributed by atoms with van der Waals surface area (Å²) in [5.41, 5.74) is 4.48. The number of nitrogens with zero attached hydrogens (tertiary/aromatic N) is 2. The van der Waals surface area contributed by atoms with E-state index in [2.05, 4.69) is 54.5 Å². The fourth-order valence-electron chi connectivity index (χ4n) is 3.96. The molecule has 27 heavy (non-hydrogen) atoms. The molecule has 0 spiro atoms. The first-order valence-electron chi connectivity index (χ1n) is 10.2. The van der Waals surface area contributed by atoms with E-state index in [-0.39, 0.29) is 5.91 Å². The highest BCUT2D eigenvalue weighted by molar-refractivity contribution is 6.10. The number of hydrogen-bond donors (Lipinski definition) is 0. The van der Waals surface area contributed by atoms with E-state index in [0.717, 1.165) is 44.5 Å². The quantitative estimate of drug-likeness (QED) is 0.512. The minimum absolute atomic E-state index is 0.143. The summed E-state index contributed by atoms with van der Waals surface area (Å²) in [6.45, 7) is 12.8. The summed E-state index contributed by atoms with van der Waals surface area (Å²) in [5, 5.41) is 2.39. The number of aryl methyl sites for hydroxylation is 1. The van der Waals surface area contributed by atoms with E-state index < -0.39 is 0 Å². The number of aromatic nitrogens is 1. The van der Waals surface area contributed by atoms with Crippen molar-refractivity contribution in [3.05, 3.63) is 60.2 Å². The van der Waals surface area contributed by atoms with E-state index in [4.69, 9.17) is 0 Å². The van der Waals surface area contributed by atoms with Crippen LogP contribution in [0.1, 0.15) is 50.4 Å². The topological polar surface area (TPSA) is 25.2 Å². The molecule has 142 valence electrons. The molecular formula is C24H30N2O. The van der Waals surface area contributed by atoms with Gasteiger partial charge in [0.15, 0.2) is 0 Å². The molecule has 2 heterocycles. The van der Waals surface area contributed by atoms with Crippen molar-refractivity contribution >= 4 is 27.7 Å². The zero-order valence-electron chi connectivity index (χ0n) is 16.8. The van der Waals surface area contributed by atoms with Gasteiger partial charge in [-0.05, 0) is 50.5 Å². The van der Waals surface area contributed by atoms with Crippen LogP contribution in [0.3, 0.4) is 0 Å². The second-order valence-electron chi connectivity index (χ2n) is 6.89. The van der Waals surface area contributed by atoms with Gasteiger partial charge in [0.2, 0.25) is 0 Å². The molecule has 2 aromatic carbocycles. The van der Waals surface area contributed by atoms with Gasteiger partial charge in [-0.25, -0.2) is 0 Å². The second kappa shape index (κ2) is 8.43. The lowest BCUT2D eigenvalue weighted by atomic mass is 10.1. The summed E-state index contributed by atoms with van der Waals surface area (Å²) in [6, 6.07) is 14.6. The molecule has 1 aliphatic heterocycles. The van der Waals surface area contributed by atoms with Gasteiger partial charge in [0, 0.05) is 47.0 Å². The number of amides is 1. The molecule has 1 aromatic heterocycles. The van der Waals surface area contributed by atoms with Crippen LogP contribution in [-0.4, -0.2) is 28.5 Å².